The number of hydrogen-bond acceptors (Lipinski definition) is 4. The molecule has 1 unspecified atom stereocenters. The molecule has 122 valence electrons. The largest absolute Gasteiger partial charge is 0.348 e. The summed E-state index contributed by atoms with van der Waals surface area (Å²) < 4.78 is 2.18. The minimum Gasteiger partial charge on any atom is -0.348 e. The third-order valence-corrected chi connectivity index (χ3v) is 5.01. The van der Waals surface area contributed by atoms with Crippen LogP contribution in [0.1, 0.15) is 37.1 Å². The Balaban J connectivity index is 1.84. The third kappa shape index (κ3) is 3.75. The number of thioether (sulfide) groups is 1. The zero-order valence-corrected chi connectivity index (χ0v) is 14.6. The lowest BCUT2D eigenvalue weighted by molar-refractivity contribution is -0.127. The van der Waals surface area contributed by atoms with Crippen LogP contribution < -0.4 is 0 Å². The topological polar surface area (TPSA) is 51.0 Å². The van der Waals surface area contributed by atoms with E-state index in [9.17, 15) is 4.79 Å². The fourth-order valence-electron chi connectivity index (χ4n) is 2.52. The van der Waals surface area contributed by atoms with Gasteiger partial charge in [-0.05, 0) is 25.3 Å². The lowest BCUT2D eigenvalue weighted by Crippen LogP contribution is -2.29. The quantitative estimate of drug-likeness (QED) is 0.764. The minimum absolute atomic E-state index is 0.0947. The van der Waals surface area contributed by atoms with Gasteiger partial charge >= 0.3 is 0 Å². The normalized spacial score (nSPS) is 15.4. The molecule has 1 atom stereocenters. The summed E-state index contributed by atoms with van der Waals surface area (Å²) in [5.74, 6) is 1.68. The van der Waals surface area contributed by atoms with Crippen molar-refractivity contribution in [3.8, 4) is 0 Å². The van der Waals surface area contributed by atoms with Crippen molar-refractivity contribution < 1.29 is 4.79 Å². The fourth-order valence-corrected chi connectivity index (χ4v) is 3.52. The van der Waals surface area contributed by atoms with Crippen molar-refractivity contribution in [2.45, 2.75) is 42.6 Å². The van der Waals surface area contributed by atoms with Crippen LogP contribution in [0.2, 0.25) is 0 Å². The Morgan fingerprint density at radius 1 is 1.30 bits per heavy atom. The van der Waals surface area contributed by atoms with Crippen LogP contribution >= 0.6 is 11.8 Å². The van der Waals surface area contributed by atoms with Gasteiger partial charge < -0.3 is 9.47 Å². The second kappa shape index (κ2) is 6.74. The average molecular weight is 330 g/mol. The summed E-state index contributed by atoms with van der Waals surface area (Å²) in [6, 6.07) is 10.3. The lowest BCUT2D eigenvalue weighted by atomic mass is 10.2. The van der Waals surface area contributed by atoms with E-state index in [4.69, 9.17) is 0 Å². The smallest absolute Gasteiger partial charge is 0.235 e. The van der Waals surface area contributed by atoms with E-state index in [-0.39, 0.29) is 11.2 Å². The summed E-state index contributed by atoms with van der Waals surface area (Å²) in [7, 11) is 3.56. The molecule has 0 bridgehead atoms. The summed E-state index contributed by atoms with van der Waals surface area (Å²) in [6.45, 7) is 2.68. The van der Waals surface area contributed by atoms with Gasteiger partial charge in [-0.15, -0.1) is 10.2 Å². The SMILES string of the molecule is CC(Sc1nnc(C2CC2)n1Cc1ccccc1)C(=O)N(C)C. The summed E-state index contributed by atoms with van der Waals surface area (Å²) >= 11 is 1.49. The van der Waals surface area contributed by atoms with Crippen LogP contribution in [0.5, 0.6) is 0 Å². The molecule has 1 amide bonds. The third-order valence-electron chi connectivity index (χ3n) is 3.94. The first-order chi connectivity index (χ1) is 11.1. The van der Waals surface area contributed by atoms with Crippen molar-refractivity contribution >= 4 is 17.7 Å². The van der Waals surface area contributed by atoms with E-state index in [1.165, 1.54) is 30.2 Å². The van der Waals surface area contributed by atoms with Gasteiger partial charge in [0.1, 0.15) is 5.82 Å². The Kier molecular flexibility index (Phi) is 4.71. The summed E-state index contributed by atoms with van der Waals surface area (Å²) in [5.41, 5.74) is 1.22. The number of nitrogens with zero attached hydrogens (tertiary/aromatic N) is 4. The van der Waals surface area contributed by atoms with Crippen molar-refractivity contribution in [3.63, 3.8) is 0 Å². The van der Waals surface area contributed by atoms with E-state index in [1.54, 1.807) is 19.0 Å². The van der Waals surface area contributed by atoms with E-state index in [0.29, 0.717) is 5.92 Å². The highest BCUT2D eigenvalue weighted by Crippen LogP contribution is 2.40. The Morgan fingerprint density at radius 3 is 2.61 bits per heavy atom. The maximum atomic E-state index is 12.1. The summed E-state index contributed by atoms with van der Waals surface area (Å²) in [6.07, 6.45) is 2.37. The highest BCUT2D eigenvalue weighted by molar-refractivity contribution is 8.00. The van der Waals surface area contributed by atoms with Crippen LogP contribution in [0, 0.1) is 0 Å². The van der Waals surface area contributed by atoms with E-state index in [2.05, 4.69) is 26.9 Å². The van der Waals surface area contributed by atoms with Crippen LogP contribution in [0.15, 0.2) is 35.5 Å². The monoisotopic (exact) mass is 330 g/mol. The van der Waals surface area contributed by atoms with E-state index < -0.39 is 0 Å². The van der Waals surface area contributed by atoms with Crippen LogP contribution in [0.3, 0.4) is 0 Å². The molecule has 23 heavy (non-hydrogen) atoms. The number of hydrogen-bond donors (Lipinski definition) is 0. The molecule has 1 aromatic carbocycles. The molecule has 1 aliphatic carbocycles. The molecular formula is C17H22N4OS. The van der Waals surface area contributed by atoms with Crippen LogP contribution in [0.4, 0.5) is 0 Å². The van der Waals surface area contributed by atoms with Gasteiger partial charge in [-0.3, -0.25) is 4.79 Å². The number of amides is 1. The van der Waals surface area contributed by atoms with Gasteiger partial charge in [-0.2, -0.15) is 0 Å². The van der Waals surface area contributed by atoms with Crippen molar-refractivity contribution in [3.05, 3.63) is 41.7 Å². The molecule has 0 saturated heterocycles. The van der Waals surface area contributed by atoms with E-state index in [0.717, 1.165) is 17.5 Å². The average Bonchev–Trinajstić information content (AvgIpc) is 3.32. The Bertz CT molecular complexity index is 679. The lowest BCUT2D eigenvalue weighted by Gasteiger charge is -2.16. The van der Waals surface area contributed by atoms with Crippen molar-refractivity contribution in [1.29, 1.82) is 0 Å². The summed E-state index contributed by atoms with van der Waals surface area (Å²) in [4.78, 5) is 13.7. The van der Waals surface area contributed by atoms with E-state index >= 15 is 0 Å². The predicted octanol–water partition coefficient (Wildman–Crippen LogP) is 2.77. The van der Waals surface area contributed by atoms with Crippen molar-refractivity contribution in [2.24, 2.45) is 0 Å². The molecule has 1 fully saturated rings. The minimum atomic E-state index is -0.171. The predicted molar refractivity (Wildman–Crippen MR) is 91.6 cm³/mol. The maximum absolute atomic E-state index is 12.1. The molecule has 0 radical (unpaired) electrons. The first-order valence-corrected chi connectivity index (χ1v) is 8.79. The Morgan fingerprint density at radius 2 is 2.00 bits per heavy atom. The number of carbonyl (C=O) groups is 1. The maximum Gasteiger partial charge on any atom is 0.235 e. The standard InChI is InChI=1S/C17H22N4OS/c1-12(16(22)20(2)3)23-17-19-18-15(14-9-10-14)21(17)11-13-7-5-4-6-8-13/h4-8,12,14H,9-11H2,1-3H3. The van der Waals surface area contributed by atoms with Gasteiger partial charge in [0, 0.05) is 20.0 Å². The molecule has 3 rings (SSSR count). The molecule has 0 aliphatic heterocycles. The molecule has 2 aromatic rings. The van der Waals surface area contributed by atoms with Gasteiger partial charge in [-0.25, -0.2) is 0 Å². The van der Waals surface area contributed by atoms with Crippen LogP contribution in [-0.2, 0) is 11.3 Å². The fraction of sp³-hybridized carbons (Fsp3) is 0.471. The second-order valence-electron chi connectivity index (χ2n) is 6.18. The van der Waals surface area contributed by atoms with Gasteiger partial charge in [0.2, 0.25) is 5.91 Å². The number of rotatable bonds is 6. The highest BCUT2D eigenvalue weighted by Gasteiger charge is 2.31. The van der Waals surface area contributed by atoms with E-state index in [1.807, 2.05) is 25.1 Å². The van der Waals surface area contributed by atoms with Crippen molar-refractivity contribution in [2.75, 3.05) is 14.1 Å². The molecule has 1 aromatic heterocycles. The molecule has 6 heteroatoms. The summed E-state index contributed by atoms with van der Waals surface area (Å²) in [5, 5.41) is 9.42. The number of carbonyl (C=O) groups excluding carboxylic acids is 1. The van der Waals surface area contributed by atoms with Crippen LogP contribution in [0.25, 0.3) is 0 Å². The first-order valence-electron chi connectivity index (χ1n) is 7.91. The zero-order valence-electron chi connectivity index (χ0n) is 13.8. The van der Waals surface area contributed by atoms with Crippen molar-refractivity contribution in [1.82, 2.24) is 19.7 Å². The van der Waals surface area contributed by atoms with Gasteiger partial charge in [0.05, 0.1) is 11.8 Å². The second-order valence-corrected chi connectivity index (χ2v) is 7.49. The molecular weight excluding hydrogens is 308 g/mol. The first kappa shape index (κ1) is 16.1. The Hall–Kier alpha value is -1.82. The molecule has 1 aliphatic rings. The molecule has 5 nitrogen and oxygen atoms in total. The molecule has 1 saturated carbocycles. The van der Waals surface area contributed by atoms with Crippen LogP contribution in [-0.4, -0.2) is 44.9 Å². The van der Waals surface area contributed by atoms with Gasteiger partial charge in [0.15, 0.2) is 5.16 Å². The van der Waals surface area contributed by atoms with Gasteiger partial charge in [-0.1, -0.05) is 42.1 Å². The molecule has 0 spiro atoms. The zero-order chi connectivity index (χ0) is 16.4. The Labute approximate surface area is 141 Å². The number of aromatic nitrogens is 3. The molecule has 0 N–H and O–H groups in total. The molecule has 1 heterocycles. The number of benzene rings is 1. The van der Waals surface area contributed by atoms with Gasteiger partial charge in [0.25, 0.3) is 0 Å². The highest BCUT2D eigenvalue weighted by atomic mass is 32.2.